The Morgan fingerprint density at radius 1 is 1.47 bits per heavy atom. The summed E-state index contributed by atoms with van der Waals surface area (Å²) in [5.41, 5.74) is 0.866. The minimum absolute atomic E-state index is 0.207. The highest BCUT2D eigenvalue weighted by Gasteiger charge is 2.20. The van der Waals surface area contributed by atoms with Gasteiger partial charge in [0.15, 0.2) is 0 Å². The van der Waals surface area contributed by atoms with Crippen molar-refractivity contribution in [3.8, 4) is 0 Å². The molecule has 4 heteroatoms. The lowest BCUT2D eigenvalue weighted by Gasteiger charge is -2.24. The molecular formula is C11H14N2O2. The highest BCUT2D eigenvalue weighted by Crippen LogP contribution is 2.20. The van der Waals surface area contributed by atoms with Crippen molar-refractivity contribution in [3.05, 3.63) is 30.1 Å². The summed E-state index contributed by atoms with van der Waals surface area (Å²) in [7, 11) is 0. The van der Waals surface area contributed by atoms with Gasteiger partial charge in [0.25, 0.3) is 5.91 Å². The Morgan fingerprint density at radius 3 is 2.60 bits per heavy atom. The van der Waals surface area contributed by atoms with Crippen molar-refractivity contribution >= 4 is 12.2 Å². The Morgan fingerprint density at radius 2 is 2.07 bits per heavy atom. The van der Waals surface area contributed by atoms with Crippen LogP contribution in [0.15, 0.2) is 24.5 Å². The minimum atomic E-state index is -0.586. The smallest absolute Gasteiger partial charge is 0.284 e. The Labute approximate surface area is 88.7 Å². The van der Waals surface area contributed by atoms with Crippen LogP contribution >= 0.6 is 0 Å². The van der Waals surface area contributed by atoms with Crippen LogP contribution in [0, 0.1) is 0 Å². The summed E-state index contributed by atoms with van der Waals surface area (Å²) in [5.74, 6) is -0.586. The van der Waals surface area contributed by atoms with Gasteiger partial charge in [0.2, 0.25) is 6.29 Å². The first kappa shape index (κ1) is 11.4. The number of amides is 1. The molecule has 0 aliphatic heterocycles. The molecule has 0 unspecified atom stereocenters. The summed E-state index contributed by atoms with van der Waals surface area (Å²) in [6, 6.07) is 3.79. The minimum Gasteiger partial charge on any atom is -0.349 e. The van der Waals surface area contributed by atoms with E-state index in [9.17, 15) is 9.59 Å². The molecule has 0 saturated heterocycles. The Balaban J connectivity index is 2.67. The van der Waals surface area contributed by atoms with Crippen molar-refractivity contribution in [1.82, 2.24) is 10.3 Å². The molecule has 0 fully saturated rings. The van der Waals surface area contributed by atoms with E-state index >= 15 is 0 Å². The van der Waals surface area contributed by atoms with Crippen molar-refractivity contribution < 1.29 is 9.59 Å². The second-order valence-electron chi connectivity index (χ2n) is 3.96. The van der Waals surface area contributed by atoms with Gasteiger partial charge in [-0.2, -0.15) is 0 Å². The molecule has 1 aromatic heterocycles. The van der Waals surface area contributed by atoms with Crippen LogP contribution < -0.4 is 5.32 Å². The third-order valence-corrected chi connectivity index (χ3v) is 2.27. The molecule has 0 spiro atoms. The molecule has 0 atom stereocenters. The van der Waals surface area contributed by atoms with Crippen LogP contribution in [0.1, 0.15) is 19.4 Å². The number of hydrogen-bond acceptors (Lipinski definition) is 3. The zero-order chi connectivity index (χ0) is 11.3. The predicted octanol–water partition coefficient (Wildman–Crippen LogP) is 0.674. The summed E-state index contributed by atoms with van der Waals surface area (Å²) in [4.78, 5) is 24.9. The summed E-state index contributed by atoms with van der Waals surface area (Å²) < 4.78 is 0. The maximum atomic E-state index is 10.8. The van der Waals surface area contributed by atoms with Gasteiger partial charge in [0.05, 0.1) is 0 Å². The van der Waals surface area contributed by atoms with Crippen molar-refractivity contribution in [2.24, 2.45) is 0 Å². The van der Waals surface area contributed by atoms with E-state index in [1.54, 1.807) is 12.4 Å². The molecule has 1 heterocycles. The van der Waals surface area contributed by atoms with Gasteiger partial charge in [-0.25, -0.2) is 0 Å². The highest BCUT2D eigenvalue weighted by molar-refractivity contribution is 6.23. The highest BCUT2D eigenvalue weighted by atomic mass is 16.2. The lowest BCUT2D eigenvalue weighted by atomic mass is 9.85. The lowest BCUT2D eigenvalue weighted by Crippen LogP contribution is -2.37. The van der Waals surface area contributed by atoms with Gasteiger partial charge in [0, 0.05) is 24.4 Å². The van der Waals surface area contributed by atoms with Crippen LogP contribution in [0.2, 0.25) is 0 Å². The average Bonchev–Trinajstić information content (AvgIpc) is 2.27. The van der Waals surface area contributed by atoms with Gasteiger partial charge >= 0.3 is 0 Å². The fraction of sp³-hybridized carbons (Fsp3) is 0.364. The normalized spacial score (nSPS) is 10.8. The Hall–Kier alpha value is -1.71. The van der Waals surface area contributed by atoms with E-state index in [1.165, 1.54) is 0 Å². The molecule has 0 aromatic carbocycles. The fourth-order valence-electron chi connectivity index (χ4n) is 1.25. The number of nitrogens with one attached hydrogen (secondary N) is 1. The number of carbonyl (C=O) groups is 2. The van der Waals surface area contributed by atoms with Crippen LogP contribution in [0.4, 0.5) is 0 Å². The molecule has 0 aliphatic rings. The van der Waals surface area contributed by atoms with E-state index in [-0.39, 0.29) is 11.7 Å². The fourth-order valence-corrected chi connectivity index (χ4v) is 1.25. The van der Waals surface area contributed by atoms with Gasteiger partial charge in [0.1, 0.15) is 0 Å². The lowest BCUT2D eigenvalue weighted by molar-refractivity contribution is -0.131. The van der Waals surface area contributed by atoms with Crippen molar-refractivity contribution in [1.29, 1.82) is 0 Å². The van der Waals surface area contributed by atoms with Crippen molar-refractivity contribution in [2.75, 3.05) is 6.54 Å². The molecule has 1 amide bonds. The number of carbonyl (C=O) groups excluding carboxylic acids is 2. The number of pyridine rings is 1. The zero-order valence-electron chi connectivity index (χ0n) is 8.86. The van der Waals surface area contributed by atoms with E-state index in [2.05, 4.69) is 10.3 Å². The molecule has 4 nitrogen and oxygen atoms in total. The number of aromatic nitrogens is 1. The summed E-state index contributed by atoms with van der Waals surface area (Å²) in [5, 5.41) is 2.54. The largest absolute Gasteiger partial charge is 0.349 e. The number of hydrogen-bond donors (Lipinski definition) is 1. The maximum Gasteiger partial charge on any atom is 0.284 e. The van der Waals surface area contributed by atoms with Gasteiger partial charge in [-0.3, -0.25) is 14.6 Å². The molecule has 0 saturated carbocycles. The molecule has 1 aromatic rings. The van der Waals surface area contributed by atoms with Gasteiger partial charge in [-0.15, -0.1) is 0 Å². The summed E-state index contributed by atoms with van der Waals surface area (Å²) in [6.07, 6.45) is 3.69. The van der Waals surface area contributed by atoms with Crippen LogP contribution in [0.5, 0.6) is 0 Å². The number of aldehydes is 1. The molecule has 1 N–H and O–H groups in total. The second kappa shape index (κ2) is 4.68. The van der Waals surface area contributed by atoms with Gasteiger partial charge < -0.3 is 5.32 Å². The first-order valence-electron chi connectivity index (χ1n) is 4.70. The topological polar surface area (TPSA) is 59.1 Å². The molecule has 0 aliphatic carbocycles. The SMILES string of the molecule is CC(C)(CNC(=O)C=O)c1ccncc1. The van der Waals surface area contributed by atoms with E-state index in [0.29, 0.717) is 6.54 Å². The summed E-state index contributed by atoms with van der Waals surface area (Å²) >= 11 is 0. The van der Waals surface area contributed by atoms with Crippen LogP contribution in [-0.2, 0) is 15.0 Å². The molecule has 1 rings (SSSR count). The monoisotopic (exact) mass is 206 g/mol. The summed E-state index contributed by atoms with van der Waals surface area (Å²) in [6.45, 7) is 4.41. The van der Waals surface area contributed by atoms with Crippen molar-refractivity contribution in [2.45, 2.75) is 19.3 Å². The first-order valence-corrected chi connectivity index (χ1v) is 4.70. The number of nitrogens with zero attached hydrogens (tertiary/aromatic N) is 1. The van der Waals surface area contributed by atoms with E-state index in [1.807, 2.05) is 26.0 Å². The van der Waals surface area contributed by atoms with Crippen LogP contribution in [-0.4, -0.2) is 23.7 Å². The predicted molar refractivity (Wildman–Crippen MR) is 56.3 cm³/mol. The quantitative estimate of drug-likeness (QED) is 0.582. The van der Waals surface area contributed by atoms with Gasteiger partial charge in [-0.05, 0) is 17.7 Å². The maximum absolute atomic E-state index is 10.8. The zero-order valence-corrected chi connectivity index (χ0v) is 8.86. The van der Waals surface area contributed by atoms with Crippen LogP contribution in [0.3, 0.4) is 0 Å². The third-order valence-electron chi connectivity index (χ3n) is 2.27. The molecule has 15 heavy (non-hydrogen) atoms. The van der Waals surface area contributed by atoms with Crippen LogP contribution in [0.25, 0.3) is 0 Å². The van der Waals surface area contributed by atoms with Crippen molar-refractivity contribution in [3.63, 3.8) is 0 Å². The van der Waals surface area contributed by atoms with E-state index < -0.39 is 5.91 Å². The Kier molecular flexibility index (Phi) is 3.55. The average molecular weight is 206 g/mol. The van der Waals surface area contributed by atoms with Gasteiger partial charge in [-0.1, -0.05) is 13.8 Å². The molecule has 0 bridgehead atoms. The second-order valence-corrected chi connectivity index (χ2v) is 3.96. The molecule has 80 valence electrons. The van der Waals surface area contributed by atoms with E-state index in [4.69, 9.17) is 0 Å². The third kappa shape index (κ3) is 3.16. The molecule has 0 radical (unpaired) electrons. The first-order chi connectivity index (χ1) is 7.06. The number of rotatable bonds is 4. The Bertz CT molecular complexity index is 347. The molecular weight excluding hydrogens is 192 g/mol. The standard InChI is InChI=1S/C11H14N2O2/c1-11(2,8-13-10(15)7-14)9-3-5-12-6-4-9/h3-7H,8H2,1-2H3,(H,13,15). The van der Waals surface area contributed by atoms with E-state index in [0.717, 1.165) is 5.56 Å².